The largest absolute Gasteiger partial charge is 0.349 e. The minimum atomic E-state index is -0.153. The summed E-state index contributed by atoms with van der Waals surface area (Å²) >= 11 is 3.26. The van der Waals surface area contributed by atoms with E-state index < -0.39 is 0 Å². The molecule has 0 radical (unpaired) electrons. The smallest absolute Gasteiger partial charge is 0.233 e. The van der Waals surface area contributed by atoms with Crippen LogP contribution in [0, 0.1) is 13.8 Å². The molecule has 0 fully saturated rings. The molecule has 0 bridgehead atoms. The second kappa shape index (κ2) is 5.48. The van der Waals surface area contributed by atoms with Gasteiger partial charge in [-0.3, -0.25) is 4.79 Å². The zero-order chi connectivity index (χ0) is 12.3. The molecular weight excluding hydrogens is 266 g/mol. The molecule has 2 unspecified atom stereocenters. The summed E-state index contributed by atoms with van der Waals surface area (Å²) in [7, 11) is 0. The van der Waals surface area contributed by atoms with Crippen molar-refractivity contribution in [2.24, 2.45) is 0 Å². The van der Waals surface area contributed by atoms with Crippen LogP contribution in [0.25, 0.3) is 0 Å². The topological polar surface area (TPSA) is 29.1 Å². The molecule has 0 aliphatic heterocycles. The van der Waals surface area contributed by atoms with Crippen molar-refractivity contribution in [3.05, 3.63) is 34.9 Å². The fraction of sp³-hybridized carbons (Fsp3) is 0.462. The molecule has 1 aromatic carbocycles. The number of nitrogens with one attached hydrogen (secondary N) is 1. The van der Waals surface area contributed by atoms with Crippen molar-refractivity contribution in [2.75, 3.05) is 0 Å². The highest BCUT2D eigenvalue weighted by Gasteiger charge is 2.14. The lowest BCUT2D eigenvalue weighted by Crippen LogP contribution is -2.32. The number of alkyl halides is 1. The zero-order valence-corrected chi connectivity index (χ0v) is 11.8. The number of amides is 1. The van der Waals surface area contributed by atoms with Crippen LogP contribution in [0.4, 0.5) is 0 Å². The molecule has 3 heteroatoms. The normalized spacial score (nSPS) is 14.3. The molecule has 1 rings (SSSR count). The van der Waals surface area contributed by atoms with Gasteiger partial charge in [0.1, 0.15) is 0 Å². The molecule has 88 valence electrons. The molecule has 0 aromatic heterocycles. The Bertz CT molecular complexity index is 388. The molecule has 0 saturated heterocycles. The molecule has 0 heterocycles. The van der Waals surface area contributed by atoms with Gasteiger partial charge in [0.25, 0.3) is 0 Å². The van der Waals surface area contributed by atoms with Crippen LogP contribution >= 0.6 is 15.9 Å². The second-order valence-corrected chi connectivity index (χ2v) is 5.58. The third-order valence-electron chi connectivity index (χ3n) is 2.62. The average molecular weight is 284 g/mol. The highest BCUT2D eigenvalue weighted by molar-refractivity contribution is 9.10. The predicted octanol–water partition coefficient (Wildman–Crippen LogP) is 3.26. The Morgan fingerprint density at radius 2 is 1.94 bits per heavy atom. The van der Waals surface area contributed by atoms with E-state index in [1.807, 2.05) is 13.8 Å². The fourth-order valence-electron chi connectivity index (χ4n) is 1.63. The van der Waals surface area contributed by atoms with Gasteiger partial charge in [-0.05, 0) is 38.8 Å². The molecule has 0 saturated carbocycles. The summed E-state index contributed by atoms with van der Waals surface area (Å²) in [5, 5.41) is 2.98. The van der Waals surface area contributed by atoms with Crippen molar-refractivity contribution >= 4 is 21.8 Å². The monoisotopic (exact) mass is 283 g/mol. The van der Waals surface area contributed by atoms with Gasteiger partial charge in [0, 0.05) is 0 Å². The number of rotatable bonds is 3. The van der Waals surface area contributed by atoms with E-state index in [1.165, 1.54) is 16.7 Å². The number of benzene rings is 1. The first-order valence-corrected chi connectivity index (χ1v) is 6.35. The van der Waals surface area contributed by atoms with Gasteiger partial charge in [0.2, 0.25) is 5.91 Å². The first-order chi connectivity index (χ1) is 7.41. The first kappa shape index (κ1) is 13.2. The van der Waals surface area contributed by atoms with Gasteiger partial charge in [-0.25, -0.2) is 0 Å². The van der Waals surface area contributed by atoms with Crippen molar-refractivity contribution in [3.63, 3.8) is 0 Å². The fourth-order valence-corrected chi connectivity index (χ4v) is 1.76. The van der Waals surface area contributed by atoms with E-state index in [2.05, 4.69) is 53.3 Å². The van der Waals surface area contributed by atoms with E-state index in [0.29, 0.717) is 0 Å². The molecule has 0 aliphatic carbocycles. The van der Waals surface area contributed by atoms with Crippen molar-refractivity contribution < 1.29 is 4.79 Å². The summed E-state index contributed by atoms with van der Waals surface area (Å²) in [5.74, 6) is 0.0217. The number of aryl methyl sites for hydroxylation is 2. The van der Waals surface area contributed by atoms with Gasteiger partial charge in [0.15, 0.2) is 0 Å². The molecule has 1 amide bonds. The van der Waals surface area contributed by atoms with Crippen LogP contribution in [0.15, 0.2) is 18.2 Å². The lowest BCUT2D eigenvalue weighted by atomic mass is 10.00. The van der Waals surface area contributed by atoms with Crippen molar-refractivity contribution in [1.29, 1.82) is 0 Å². The Morgan fingerprint density at radius 3 is 2.50 bits per heavy atom. The van der Waals surface area contributed by atoms with Crippen molar-refractivity contribution in [1.82, 2.24) is 5.32 Å². The third-order valence-corrected chi connectivity index (χ3v) is 3.04. The molecule has 2 atom stereocenters. The number of carbonyl (C=O) groups excluding carboxylic acids is 1. The van der Waals surface area contributed by atoms with E-state index in [1.54, 1.807) is 0 Å². The zero-order valence-electron chi connectivity index (χ0n) is 10.2. The Morgan fingerprint density at radius 1 is 1.31 bits per heavy atom. The van der Waals surface area contributed by atoms with Gasteiger partial charge in [-0.15, -0.1) is 0 Å². The van der Waals surface area contributed by atoms with E-state index in [0.717, 1.165) is 0 Å². The molecule has 0 spiro atoms. The summed E-state index contributed by atoms with van der Waals surface area (Å²) in [4.78, 5) is 11.4. The summed E-state index contributed by atoms with van der Waals surface area (Å²) in [5.41, 5.74) is 3.61. The minimum absolute atomic E-state index is 0.0217. The summed E-state index contributed by atoms with van der Waals surface area (Å²) < 4.78 is 0. The van der Waals surface area contributed by atoms with Gasteiger partial charge >= 0.3 is 0 Å². The molecule has 0 aliphatic rings. The standard InChI is InChI=1S/C13H18BrNO/c1-8-5-6-9(2)12(7-8)11(4)15-13(16)10(3)14/h5-7,10-11H,1-4H3,(H,15,16). The Hall–Kier alpha value is -0.830. The van der Waals surface area contributed by atoms with E-state index in [4.69, 9.17) is 0 Å². The van der Waals surface area contributed by atoms with Crippen LogP contribution in [0.5, 0.6) is 0 Å². The van der Waals surface area contributed by atoms with Crippen LogP contribution in [0.3, 0.4) is 0 Å². The average Bonchev–Trinajstić information content (AvgIpc) is 2.21. The van der Waals surface area contributed by atoms with Crippen LogP contribution in [-0.2, 0) is 4.79 Å². The SMILES string of the molecule is Cc1ccc(C)c(C(C)NC(=O)C(C)Br)c1. The molecule has 2 nitrogen and oxygen atoms in total. The maximum atomic E-state index is 11.6. The van der Waals surface area contributed by atoms with Gasteiger partial charge < -0.3 is 5.32 Å². The van der Waals surface area contributed by atoms with Gasteiger partial charge in [-0.1, -0.05) is 39.7 Å². The number of hydrogen-bond donors (Lipinski definition) is 1. The minimum Gasteiger partial charge on any atom is -0.349 e. The molecule has 16 heavy (non-hydrogen) atoms. The number of carbonyl (C=O) groups is 1. The summed E-state index contributed by atoms with van der Waals surface area (Å²) in [6.07, 6.45) is 0. The van der Waals surface area contributed by atoms with E-state index >= 15 is 0 Å². The Labute approximate surface area is 106 Å². The van der Waals surface area contributed by atoms with Gasteiger partial charge in [-0.2, -0.15) is 0 Å². The first-order valence-electron chi connectivity index (χ1n) is 5.43. The van der Waals surface area contributed by atoms with Crippen LogP contribution in [-0.4, -0.2) is 10.7 Å². The third kappa shape index (κ3) is 3.34. The number of halogens is 1. The quantitative estimate of drug-likeness (QED) is 0.848. The maximum absolute atomic E-state index is 11.6. The molecule has 1 N–H and O–H groups in total. The summed E-state index contributed by atoms with van der Waals surface area (Å²) in [6, 6.07) is 6.34. The predicted molar refractivity (Wildman–Crippen MR) is 70.9 cm³/mol. The molecular formula is C13H18BrNO. The van der Waals surface area contributed by atoms with Crippen molar-refractivity contribution in [2.45, 2.75) is 38.6 Å². The molecule has 1 aromatic rings. The van der Waals surface area contributed by atoms with Crippen molar-refractivity contribution in [3.8, 4) is 0 Å². The highest BCUT2D eigenvalue weighted by Crippen LogP contribution is 2.19. The lowest BCUT2D eigenvalue weighted by Gasteiger charge is -2.18. The van der Waals surface area contributed by atoms with Gasteiger partial charge in [0.05, 0.1) is 10.9 Å². The van der Waals surface area contributed by atoms with E-state index in [-0.39, 0.29) is 16.8 Å². The summed E-state index contributed by atoms with van der Waals surface area (Å²) in [6.45, 7) is 7.96. The van der Waals surface area contributed by atoms with Crippen LogP contribution in [0.2, 0.25) is 0 Å². The Balaban J connectivity index is 2.84. The Kier molecular flexibility index (Phi) is 4.54. The highest BCUT2D eigenvalue weighted by atomic mass is 79.9. The van der Waals surface area contributed by atoms with E-state index in [9.17, 15) is 4.79 Å². The van der Waals surface area contributed by atoms with Crippen LogP contribution < -0.4 is 5.32 Å². The second-order valence-electron chi connectivity index (χ2n) is 4.21. The number of hydrogen-bond acceptors (Lipinski definition) is 1. The van der Waals surface area contributed by atoms with Crippen LogP contribution in [0.1, 0.15) is 36.6 Å². The lowest BCUT2D eigenvalue weighted by molar-refractivity contribution is -0.120. The maximum Gasteiger partial charge on any atom is 0.233 e.